The summed E-state index contributed by atoms with van der Waals surface area (Å²) in [5.74, 6) is 0.360. The molecule has 0 aliphatic heterocycles. The normalized spacial score (nSPS) is 10.7. The van der Waals surface area contributed by atoms with Crippen LogP contribution in [0.2, 0.25) is 0 Å². The highest BCUT2D eigenvalue weighted by molar-refractivity contribution is 9.10. The summed E-state index contributed by atoms with van der Waals surface area (Å²) in [5, 5.41) is 2.82. The number of hydrogen-bond acceptors (Lipinski definition) is 3. The second-order valence-electron chi connectivity index (χ2n) is 5.31. The molecule has 2 aromatic heterocycles. The first-order valence-electron chi connectivity index (χ1n) is 7.16. The standard InChI is InChI=1S/C17H16BrN3O2/c1-11-5-6-14(13(18)8-11)20-16(22)10-23-15-4-3-7-21-9-12(2)19-17(15)21/h3-9H,10H2,1-2H3,(H,20,22). The van der Waals surface area contributed by atoms with Crippen LogP contribution in [0, 0.1) is 13.8 Å². The summed E-state index contributed by atoms with van der Waals surface area (Å²) in [4.78, 5) is 16.5. The van der Waals surface area contributed by atoms with Crippen molar-refractivity contribution in [3.05, 3.63) is 58.5 Å². The van der Waals surface area contributed by atoms with Gasteiger partial charge < -0.3 is 14.5 Å². The Morgan fingerprint density at radius 1 is 1.35 bits per heavy atom. The number of aryl methyl sites for hydroxylation is 2. The summed E-state index contributed by atoms with van der Waals surface area (Å²) < 4.78 is 8.34. The van der Waals surface area contributed by atoms with E-state index in [0.29, 0.717) is 11.4 Å². The monoisotopic (exact) mass is 373 g/mol. The number of rotatable bonds is 4. The van der Waals surface area contributed by atoms with Crippen LogP contribution in [0.1, 0.15) is 11.3 Å². The van der Waals surface area contributed by atoms with Crippen molar-refractivity contribution in [3.63, 3.8) is 0 Å². The number of hydrogen-bond donors (Lipinski definition) is 1. The molecule has 0 radical (unpaired) electrons. The van der Waals surface area contributed by atoms with Crippen LogP contribution >= 0.6 is 15.9 Å². The lowest BCUT2D eigenvalue weighted by atomic mass is 10.2. The van der Waals surface area contributed by atoms with Crippen molar-refractivity contribution in [3.8, 4) is 5.75 Å². The number of ether oxygens (including phenoxy) is 1. The predicted molar refractivity (Wildman–Crippen MR) is 92.9 cm³/mol. The van der Waals surface area contributed by atoms with Gasteiger partial charge in [0.2, 0.25) is 0 Å². The first-order chi connectivity index (χ1) is 11.0. The van der Waals surface area contributed by atoms with E-state index < -0.39 is 0 Å². The van der Waals surface area contributed by atoms with Gasteiger partial charge >= 0.3 is 0 Å². The second kappa shape index (κ2) is 6.42. The van der Waals surface area contributed by atoms with E-state index in [0.717, 1.165) is 21.4 Å². The summed E-state index contributed by atoms with van der Waals surface area (Å²) in [5.41, 5.74) is 3.44. The van der Waals surface area contributed by atoms with E-state index in [-0.39, 0.29) is 12.5 Å². The molecule has 3 aromatic rings. The molecule has 0 fully saturated rings. The Hall–Kier alpha value is -2.34. The minimum atomic E-state index is -0.222. The predicted octanol–water partition coefficient (Wildman–Crippen LogP) is 3.73. The highest BCUT2D eigenvalue weighted by Crippen LogP contribution is 2.23. The number of carbonyl (C=O) groups is 1. The fourth-order valence-corrected chi connectivity index (χ4v) is 2.87. The average Bonchev–Trinajstić information content (AvgIpc) is 2.88. The van der Waals surface area contributed by atoms with Crippen molar-refractivity contribution >= 4 is 33.2 Å². The largest absolute Gasteiger partial charge is 0.480 e. The third-order valence-electron chi connectivity index (χ3n) is 3.32. The van der Waals surface area contributed by atoms with Crippen LogP contribution in [0.4, 0.5) is 5.69 Å². The Kier molecular flexibility index (Phi) is 4.34. The van der Waals surface area contributed by atoms with Gasteiger partial charge in [0, 0.05) is 16.9 Å². The van der Waals surface area contributed by atoms with E-state index >= 15 is 0 Å². The number of pyridine rings is 1. The van der Waals surface area contributed by atoms with Gasteiger partial charge in [0.15, 0.2) is 18.0 Å². The van der Waals surface area contributed by atoms with Crippen LogP contribution in [0.15, 0.2) is 47.2 Å². The molecular weight excluding hydrogens is 358 g/mol. The van der Waals surface area contributed by atoms with Crippen LogP contribution in [0.5, 0.6) is 5.75 Å². The molecule has 1 amide bonds. The number of carbonyl (C=O) groups excluding carboxylic acids is 1. The van der Waals surface area contributed by atoms with Crippen molar-refractivity contribution < 1.29 is 9.53 Å². The molecule has 0 aliphatic rings. The van der Waals surface area contributed by atoms with Gasteiger partial charge in [0.25, 0.3) is 5.91 Å². The molecule has 0 atom stereocenters. The molecule has 1 N–H and O–H groups in total. The number of nitrogens with zero attached hydrogens (tertiary/aromatic N) is 2. The molecule has 0 bridgehead atoms. The van der Waals surface area contributed by atoms with Crippen molar-refractivity contribution in [1.82, 2.24) is 9.38 Å². The first kappa shape index (κ1) is 15.6. The van der Waals surface area contributed by atoms with E-state index in [4.69, 9.17) is 4.74 Å². The molecule has 23 heavy (non-hydrogen) atoms. The van der Waals surface area contributed by atoms with E-state index in [1.54, 1.807) is 6.07 Å². The fraction of sp³-hybridized carbons (Fsp3) is 0.176. The molecule has 0 unspecified atom stereocenters. The molecule has 0 spiro atoms. The van der Waals surface area contributed by atoms with Crippen molar-refractivity contribution in [2.45, 2.75) is 13.8 Å². The minimum Gasteiger partial charge on any atom is -0.480 e. The van der Waals surface area contributed by atoms with Gasteiger partial charge in [0.1, 0.15) is 0 Å². The number of aromatic nitrogens is 2. The topological polar surface area (TPSA) is 55.6 Å². The van der Waals surface area contributed by atoms with Gasteiger partial charge in [-0.25, -0.2) is 4.98 Å². The molecule has 3 rings (SSSR count). The van der Waals surface area contributed by atoms with Crippen molar-refractivity contribution in [2.24, 2.45) is 0 Å². The molecule has 0 saturated carbocycles. The lowest BCUT2D eigenvalue weighted by Crippen LogP contribution is -2.20. The van der Waals surface area contributed by atoms with Crippen molar-refractivity contribution in [2.75, 3.05) is 11.9 Å². The summed E-state index contributed by atoms with van der Waals surface area (Å²) in [6.07, 6.45) is 3.80. The van der Waals surface area contributed by atoms with Gasteiger partial charge in [-0.1, -0.05) is 6.07 Å². The average molecular weight is 374 g/mol. The molecule has 6 heteroatoms. The van der Waals surface area contributed by atoms with Gasteiger partial charge in [-0.05, 0) is 59.6 Å². The smallest absolute Gasteiger partial charge is 0.262 e. The van der Waals surface area contributed by atoms with Crippen LogP contribution in [0.3, 0.4) is 0 Å². The van der Waals surface area contributed by atoms with E-state index in [9.17, 15) is 4.79 Å². The maximum atomic E-state index is 12.1. The SMILES string of the molecule is Cc1ccc(NC(=O)COc2cccn3cc(C)nc23)c(Br)c1. The highest BCUT2D eigenvalue weighted by atomic mass is 79.9. The number of nitrogens with one attached hydrogen (secondary N) is 1. The minimum absolute atomic E-state index is 0.0775. The van der Waals surface area contributed by atoms with Gasteiger partial charge in [-0.15, -0.1) is 0 Å². The quantitative estimate of drug-likeness (QED) is 0.757. The van der Waals surface area contributed by atoms with E-state index in [1.807, 2.05) is 54.9 Å². The number of amides is 1. The van der Waals surface area contributed by atoms with Gasteiger partial charge in [-0.2, -0.15) is 0 Å². The van der Waals surface area contributed by atoms with Crippen LogP contribution in [-0.4, -0.2) is 21.9 Å². The Morgan fingerprint density at radius 2 is 2.17 bits per heavy atom. The number of imidazole rings is 1. The van der Waals surface area contributed by atoms with Crippen molar-refractivity contribution in [1.29, 1.82) is 0 Å². The molecule has 5 nitrogen and oxygen atoms in total. The highest BCUT2D eigenvalue weighted by Gasteiger charge is 2.09. The molecular formula is C17H16BrN3O2. The number of fused-ring (bicyclic) bond motifs is 1. The lowest BCUT2D eigenvalue weighted by molar-refractivity contribution is -0.118. The zero-order valence-electron chi connectivity index (χ0n) is 12.8. The third-order valence-corrected chi connectivity index (χ3v) is 3.98. The van der Waals surface area contributed by atoms with Gasteiger partial charge in [0.05, 0.1) is 11.4 Å². The first-order valence-corrected chi connectivity index (χ1v) is 7.95. The van der Waals surface area contributed by atoms with Crippen LogP contribution in [-0.2, 0) is 4.79 Å². The Balaban J connectivity index is 1.68. The number of benzene rings is 1. The zero-order chi connectivity index (χ0) is 16.4. The summed E-state index contributed by atoms with van der Waals surface area (Å²) >= 11 is 3.44. The number of halogens is 1. The zero-order valence-corrected chi connectivity index (χ0v) is 14.4. The third kappa shape index (κ3) is 3.53. The molecule has 0 aliphatic carbocycles. The van der Waals surface area contributed by atoms with E-state index in [1.165, 1.54) is 0 Å². The maximum absolute atomic E-state index is 12.1. The number of anilines is 1. The summed E-state index contributed by atoms with van der Waals surface area (Å²) in [7, 11) is 0. The lowest BCUT2D eigenvalue weighted by Gasteiger charge is -2.10. The maximum Gasteiger partial charge on any atom is 0.262 e. The Bertz CT molecular complexity index is 873. The molecule has 2 heterocycles. The van der Waals surface area contributed by atoms with Crippen LogP contribution < -0.4 is 10.1 Å². The Labute approximate surface area is 142 Å². The Morgan fingerprint density at radius 3 is 2.96 bits per heavy atom. The summed E-state index contributed by atoms with van der Waals surface area (Å²) in [6.45, 7) is 3.83. The van der Waals surface area contributed by atoms with Crippen LogP contribution in [0.25, 0.3) is 5.65 Å². The summed E-state index contributed by atoms with van der Waals surface area (Å²) in [6, 6.07) is 9.41. The molecule has 0 saturated heterocycles. The van der Waals surface area contributed by atoms with E-state index in [2.05, 4.69) is 26.2 Å². The molecule has 1 aromatic carbocycles. The van der Waals surface area contributed by atoms with Gasteiger partial charge in [-0.3, -0.25) is 4.79 Å². The second-order valence-corrected chi connectivity index (χ2v) is 6.16. The molecule has 118 valence electrons. The fourth-order valence-electron chi connectivity index (χ4n) is 2.27.